The minimum absolute atomic E-state index is 0.0379. The Labute approximate surface area is 126 Å². The summed E-state index contributed by atoms with van der Waals surface area (Å²) in [6, 6.07) is 2.23. The number of aliphatic hydroxyl groups excluding tert-OH is 1. The Morgan fingerprint density at radius 3 is 2.90 bits per heavy atom. The lowest BCUT2D eigenvalue weighted by molar-refractivity contribution is -0.0105. The highest BCUT2D eigenvalue weighted by Gasteiger charge is 2.27. The van der Waals surface area contributed by atoms with Crippen LogP contribution in [0.15, 0.2) is 6.07 Å². The van der Waals surface area contributed by atoms with Crippen molar-refractivity contribution in [1.82, 2.24) is 9.97 Å². The molecule has 6 nitrogen and oxygen atoms in total. The lowest BCUT2D eigenvalue weighted by Crippen LogP contribution is -2.50. The standard InChI is InChI=1S/C15H26N4O2/c1-4-6-13-17-14(16-5-2)7-15(18-13)19-8-12(9-20)21-10-11(19)3/h7,11-12,20H,4-6,8-10H2,1-3H3,(H,16,17,18). The molecule has 1 aromatic heterocycles. The Morgan fingerprint density at radius 2 is 2.24 bits per heavy atom. The second kappa shape index (κ2) is 7.56. The predicted molar refractivity (Wildman–Crippen MR) is 83.8 cm³/mol. The van der Waals surface area contributed by atoms with Gasteiger partial charge in [0, 0.05) is 25.6 Å². The molecule has 2 rings (SSSR count). The SMILES string of the molecule is CCCc1nc(NCC)cc(N2CC(CO)OCC2C)n1. The van der Waals surface area contributed by atoms with Crippen molar-refractivity contribution >= 4 is 11.6 Å². The summed E-state index contributed by atoms with van der Waals surface area (Å²) in [6.07, 6.45) is 1.75. The van der Waals surface area contributed by atoms with E-state index in [9.17, 15) is 5.11 Å². The molecule has 2 unspecified atom stereocenters. The number of anilines is 2. The van der Waals surface area contributed by atoms with Crippen LogP contribution < -0.4 is 10.2 Å². The van der Waals surface area contributed by atoms with Gasteiger partial charge < -0.3 is 20.1 Å². The van der Waals surface area contributed by atoms with Gasteiger partial charge in [0.25, 0.3) is 0 Å². The van der Waals surface area contributed by atoms with Crippen LogP contribution in [0, 0.1) is 0 Å². The first kappa shape index (κ1) is 16.0. The van der Waals surface area contributed by atoms with Gasteiger partial charge in [-0.15, -0.1) is 0 Å². The van der Waals surface area contributed by atoms with Crippen molar-refractivity contribution in [2.45, 2.75) is 45.8 Å². The van der Waals surface area contributed by atoms with E-state index in [2.05, 4.69) is 41.0 Å². The van der Waals surface area contributed by atoms with Crippen LogP contribution in [-0.2, 0) is 11.2 Å². The molecule has 0 aliphatic carbocycles. The summed E-state index contributed by atoms with van der Waals surface area (Å²) in [5.74, 6) is 2.65. The van der Waals surface area contributed by atoms with Gasteiger partial charge in [0.15, 0.2) is 0 Å². The number of aryl methyl sites for hydroxylation is 1. The molecule has 21 heavy (non-hydrogen) atoms. The number of hydrogen-bond acceptors (Lipinski definition) is 6. The second-order valence-corrected chi connectivity index (χ2v) is 5.45. The van der Waals surface area contributed by atoms with Crippen LogP contribution in [0.5, 0.6) is 0 Å². The van der Waals surface area contributed by atoms with Gasteiger partial charge in [0.05, 0.1) is 25.4 Å². The molecule has 2 heterocycles. The molecule has 0 radical (unpaired) electrons. The summed E-state index contributed by atoms with van der Waals surface area (Å²) in [4.78, 5) is 11.4. The first-order valence-corrected chi connectivity index (χ1v) is 7.78. The Balaban J connectivity index is 2.26. The highest BCUT2D eigenvalue weighted by atomic mass is 16.5. The van der Waals surface area contributed by atoms with Crippen LogP contribution in [0.1, 0.15) is 33.0 Å². The lowest BCUT2D eigenvalue weighted by Gasteiger charge is -2.38. The number of aliphatic hydroxyl groups is 1. The summed E-state index contributed by atoms with van der Waals surface area (Å²) in [5.41, 5.74) is 0. The van der Waals surface area contributed by atoms with E-state index in [1.54, 1.807) is 0 Å². The average Bonchev–Trinajstić information content (AvgIpc) is 2.48. The van der Waals surface area contributed by atoms with Crippen molar-refractivity contribution in [1.29, 1.82) is 0 Å². The fourth-order valence-corrected chi connectivity index (χ4v) is 2.48. The van der Waals surface area contributed by atoms with Crippen LogP contribution in [0.3, 0.4) is 0 Å². The number of hydrogen-bond donors (Lipinski definition) is 2. The van der Waals surface area contributed by atoms with E-state index in [-0.39, 0.29) is 18.8 Å². The number of ether oxygens (including phenoxy) is 1. The zero-order chi connectivity index (χ0) is 15.2. The van der Waals surface area contributed by atoms with Crippen molar-refractivity contribution in [3.8, 4) is 0 Å². The molecule has 0 spiro atoms. The van der Waals surface area contributed by atoms with Crippen LogP contribution in [0.2, 0.25) is 0 Å². The largest absolute Gasteiger partial charge is 0.394 e. The van der Waals surface area contributed by atoms with Crippen molar-refractivity contribution in [2.75, 3.05) is 36.5 Å². The number of nitrogens with one attached hydrogen (secondary N) is 1. The highest BCUT2D eigenvalue weighted by Crippen LogP contribution is 2.22. The predicted octanol–water partition coefficient (Wildman–Crippen LogP) is 1.45. The molecule has 1 aliphatic heterocycles. The topological polar surface area (TPSA) is 70.5 Å². The monoisotopic (exact) mass is 294 g/mol. The molecule has 0 bridgehead atoms. The van der Waals surface area contributed by atoms with Crippen molar-refractivity contribution in [2.24, 2.45) is 0 Å². The Kier molecular flexibility index (Phi) is 5.76. The van der Waals surface area contributed by atoms with Gasteiger partial charge in [0.2, 0.25) is 0 Å². The summed E-state index contributed by atoms with van der Waals surface area (Å²) in [6.45, 7) is 8.43. The molecule has 0 saturated carbocycles. The number of nitrogens with zero attached hydrogens (tertiary/aromatic N) is 3. The minimum Gasteiger partial charge on any atom is -0.394 e. The smallest absolute Gasteiger partial charge is 0.134 e. The van der Waals surface area contributed by atoms with Crippen LogP contribution in [-0.4, -0.2) is 53.5 Å². The molecule has 6 heteroatoms. The van der Waals surface area contributed by atoms with E-state index in [0.29, 0.717) is 13.2 Å². The van der Waals surface area contributed by atoms with Crippen LogP contribution >= 0.6 is 0 Å². The fourth-order valence-electron chi connectivity index (χ4n) is 2.48. The molecule has 1 saturated heterocycles. The Morgan fingerprint density at radius 1 is 1.43 bits per heavy atom. The molecule has 1 aliphatic rings. The zero-order valence-corrected chi connectivity index (χ0v) is 13.2. The summed E-state index contributed by atoms with van der Waals surface area (Å²) >= 11 is 0. The van der Waals surface area contributed by atoms with Gasteiger partial charge in [0.1, 0.15) is 17.5 Å². The van der Waals surface area contributed by atoms with Gasteiger partial charge in [-0.3, -0.25) is 0 Å². The van der Waals surface area contributed by atoms with E-state index in [1.807, 2.05) is 6.07 Å². The van der Waals surface area contributed by atoms with Crippen LogP contribution in [0.4, 0.5) is 11.6 Å². The zero-order valence-electron chi connectivity index (χ0n) is 13.2. The highest BCUT2D eigenvalue weighted by molar-refractivity contribution is 5.50. The first-order chi connectivity index (χ1) is 10.2. The van der Waals surface area contributed by atoms with Crippen molar-refractivity contribution in [3.63, 3.8) is 0 Å². The second-order valence-electron chi connectivity index (χ2n) is 5.45. The lowest BCUT2D eigenvalue weighted by atomic mass is 10.2. The van der Waals surface area contributed by atoms with E-state index in [0.717, 1.165) is 36.8 Å². The third-order valence-corrected chi connectivity index (χ3v) is 3.59. The molecule has 1 fully saturated rings. The summed E-state index contributed by atoms with van der Waals surface area (Å²) in [7, 11) is 0. The minimum atomic E-state index is -0.145. The maximum absolute atomic E-state index is 9.32. The van der Waals surface area contributed by atoms with Crippen molar-refractivity contribution in [3.05, 3.63) is 11.9 Å². The maximum Gasteiger partial charge on any atom is 0.134 e. The quantitative estimate of drug-likeness (QED) is 0.827. The van der Waals surface area contributed by atoms with E-state index < -0.39 is 0 Å². The maximum atomic E-state index is 9.32. The van der Waals surface area contributed by atoms with Crippen molar-refractivity contribution < 1.29 is 9.84 Å². The average molecular weight is 294 g/mol. The van der Waals surface area contributed by atoms with Gasteiger partial charge >= 0.3 is 0 Å². The number of rotatable bonds is 6. The molecular weight excluding hydrogens is 268 g/mol. The van der Waals surface area contributed by atoms with Crippen LogP contribution in [0.25, 0.3) is 0 Å². The summed E-state index contributed by atoms with van der Waals surface area (Å²) < 4.78 is 5.60. The van der Waals surface area contributed by atoms with Gasteiger partial charge in [-0.1, -0.05) is 6.92 Å². The van der Waals surface area contributed by atoms with E-state index in [4.69, 9.17) is 4.74 Å². The Hall–Kier alpha value is -1.40. The number of morpholine rings is 1. The molecule has 0 amide bonds. The molecule has 2 N–H and O–H groups in total. The molecular formula is C15H26N4O2. The molecule has 0 aromatic carbocycles. The third-order valence-electron chi connectivity index (χ3n) is 3.59. The van der Waals surface area contributed by atoms with Gasteiger partial charge in [-0.2, -0.15) is 0 Å². The molecule has 2 atom stereocenters. The fraction of sp³-hybridized carbons (Fsp3) is 0.733. The van der Waals surface area contributed by atoms with E-state index in [1.165, 1.54) is 0 Å². The van der Waals surface area contributed by atoms with Gasteiger partial charge in [-0.05, 0) is 20.3 Å². The molecule has 1 aromatic rings. The van der Waals surface area contributed by atoms with E-state index >= 15 is 0 Å². The number of aromatic nitrogens is 2. The first-order valence-electron chi connectivity index (χ1n) is 7.78. The summed E-state index contributed by atoms with van der Waals surface area (Å²) in [5, 5.41) is 12.6. The van der Waals surface area contributed by atoms with Gasteiger partial charge in [-0.25, -0.2) is 9.97 Å². The Bertz CT molecular complexity index is 431. The normalized spacial score (nSPS) is 22.4. The third kappa shape index (κ3) is 4.04. The molecule has 118 valence electrons.